The molecule has 0 unspecified atom stereocenters. The molecule has 0 spiro atoms. The molecule has 7 N–H and O–H groups in total. The molecule has 3 rings (SSSR count). The first kappa shape index (κ1) is 20.8. The molecule has 10 heteroatoms. The second-order valence-corrected chi connectivity index (χ2v) is 7.10. The molecule has 30 heavy (non-hydrogen) atoms. The van der Waals surface area contributed by atoms with Crippen LogP contribution in [0.3, 0.4) is 0 Å². The van der Waals surface area contributed by atoms with E-state index in [1.54, 1.807) is 19.1 Å². The Bertz CT molecular complexity index is 1060. The molecule has 0 aliphatic carbocycles. The highest BCUT2D eigenvalue weighted by molar-refractivity contribution is 7.14. The van der Waals surface area contributed by atoms with E-state index in [1.165, 1.54) is 11.3 Å². The summed E-state index contributed by atoms with van der Waals surface area (Å²) in [6, 6.07) is 14.3. The summed E-state index contributed by atoms with van der Waals surface area (Å²) in [4.78, 5) is 16.7. The number of anilines is 3. The van der Waals surface area contributed by atoms with E-state index in [1.807, 2.05) is 48.8 Å². The van der Waals surface area contributed by atoms with Crippen molar-refractivity contribution in [2.24, 2.45) is 10.8 Å². The van der Waals surface area contributed by atoms with Crippen LogP contribution in [0.5, 0.6) is 0 Å². The van der Waals surface area contributed by atoms with E-state index >= 15 is 0 Å². The second kappa shape index (κ2) is 9.52. The normalized spacial score (nSPS) is 10.9. The van der Waals surface area contributed by atoms with Gasteiger partial charge in [0.1, 0.15) is 0 Å². The molecular weight excluding hydrogens is 400 g/mol. The number of urea groups is 1. The fraction of sp³-hybridized carbons (Fsp3) is 0.100. The molecule has 1 heterocycles. The van der Waals surface area contributed by atoms with Gasteiger partial charge in [0.15, 0.2) is 5.13 Å². The molecule has 9 nitrogen and oxygen atoms in total. The van der Waals surface area contributed by atoms with Crippen molar-refractivity contribution < 1.29 is 4.79 Å². The summed E-state index contributed by atoms with van der Waals surface area (Å²) < 4.78 is 0. The molecule has 0 aliphatic rings. The molecule has 2 amide bonds. The zero-order chi connectivity index (χ0) is 21.5. The molecular formula is C20H22N8OS. The van der Waals surface area contributed by atoms with E-state index in [9.17, 15) is 4.79 Å². The van der Waals surface area contributed by atoms with E-state index in [2.05, 4.69) is 31.5 Å². The fourth-order valence-electron chi connectivity index (χ4n) is 2.54. The first-order valence-corrected chi connectivity index (χ1v) is 9.89. The van der Waals surface area contributed by atoms with Crippen molar-refractivity contribution in [1.82, 2.24) is 10.4 Å². The Balaban J connectivity index is 1.57. The second-order valence-electron chi connectivity index (χ2n) is 6.24. The van der Waals surface area contributed by atoms with Crippen molar-refractivity contribution in [3.8, 4) is 11.3 Å². The summed E-state index contributed by atoms with van der Waals surface area (Å²) in [5, 5.41) is 22.5. The summed E-state index contributed by atoms with van der Waals surface area (Å²) in [5.41, 5.74) is 12.3. The number of thiazole rings is 1. The van der Waals surface area contributed by atoms with Gasteiger partial charge >= 0.3 is 6.03 Å². The van der Waals surface area contributed by atoms with Gasteiger partial charge in [-0.3, -0.25) is 5.41 Å². The van der Waals surface area contributed by atoms with Gasteiger partial charge in [0.2, 0.25) is 5.96 Å². The average molecular weight is 423 g/mol. The van der Waals surface area contributed by atoms with Gasteiger partial charge in [0.05, 0.1) is 11.4 Å². The number of hydrogen-bond acceptors (Lipinski definition) is 6. The minimum Gasteiger partial charge on any atom is -0.369 e. The van der Waals surface area contributed by atoms with Gasteiger partial charge in [0.25, 0.3) is 0 Å². The number of aromatic nitrogens is 1. The lowest BCUT2D eigenvalue weighted by Crippen LogP contribution is -2.26. The van der Waals surface area contributed by atoms with Crippen LogP contribution < -0.4 is 27.1 Å². The van der Waals surface area contributed by atoms with Crippen LogP contribution in [0.25, 0.3) is 11.3 Å². The van der Waals surface area contributed by atoms with Crippen molar-refractivity contribution in [3.05, 3.63) is 59.5 Å². The Morgan fingerprint density at radius 1 is 1.07 bits per heavy atom. The summed E-state index contributed by atoms with van der Waals surface area (Å²) >= 11 is 1.54. The molecule has 0 fully saturated rings. The number of nitrogens with one attached hydrogen (secondary N) is 5. The quantitative estimate of drug-likeness (QED) is 0.204. The lowest BCUT2D eigenvalue weighted by molar-refractivity contribution is 0.262. The van der Waals surface area contributed by atoms with Crippen LogP contribution in [0, 0.1) is 5.41 Å². The maximum absolute atomic E-state index is 12.3. The number of benzene rings is 2. The Morgan fingerprint density at radius 2 is 1.67 bits per heavy atom. The number of hydrazone groups is 1. The molecule has 0 saturated heterocycles. The SMILES string of the molecule is CNc1nc(-c2ccc(NC(=O)Nc3ccc(/C(C)=N/NC(=N)N)cc3)cc2)cs1. The predicted molar refractivity (Wildman–Crippen MR) is 123 cm³/mol. The van der Waals surface area contributed by atoms with Crippen LogP contribution in [0.1, 0.15) is 12.5 Å². The van der Waals surface area contributed by atoms with Gasteiger partial charge in [0, 0.05) is 29.4 Å². The van der Waals surface area contributed by atoms with Crippen LogP contribution in [0.2, 0.25) is 0 Å². The van der Waals surface area contributed by atoms with E-state index < -0.39 is 0 Å². The predicted octanol–water partition coefficient (Wildman–Crippen LogP) is 3.70. The minimum absolute atomic E-state index is 0.230. The van der Waals surface area contributed by atoms with Crippen LogP contribution in [0.4, 0.5) is 21.3 Å². The lowest BCUT2D eigenvalue weighted by atomic mass is 10.1. The van der Waals surface area contributed by atoms with Gasteiger partial charge in [-0.25, -0.2) is 15.2 Å². The zero-order valence-electron chi connectivity index (χ0n) is 16.5. The van der Waals surface area contributed by atoms with Crippen molar-refractivity contribution in [2.75, 3.05) is 23.0 Å². The molecule has 3 aromatic rings. The van der Waals surface area contributed by atoms with Crippen LogP contribution in [-0.2, 0) is 0 Å². The number of hydrogen-bond donors (Lipinski definition) is 6. The summed E-state index contributed by atoms with van der Waals surface area (Å²) in [6.07, 6.45) is 0. The van der Waals surface area contributed by atoms with Crippen LogP contribution in [0.15, 0.2) is 59.0 Å². The van der Waals surface area contributed by atoms with Crippen molar-refractivity contribution in [2.45, 2.75) is 6.92 Å². The summed E-state index contributed by atoms with van der Waals surface area (Å²) in [7, 11) is 1.84. The topological polar surface area (TPSA) is 140 Å². The molecule has 0 saturated carbocycles. The third-order valence-corrected chi connectivity index (χ3v) is 4.92. The van der Waals surface area contributed by atoms with Crippen LogP contribution >= 0.6 is 11.3 Å². The third kappa shape index (κ3) is 5.55. The molecule has 154 valence electrons. The Morgan fingerprint density at radius 3 is 2.20 bits per heavy atom. The molecule has 0 radical (unpaired) electrons. The van der Waals surface area contributed by atoms with E-state index in [4.69, 9.17) is 11.1 Å². The summed E-state index contributed by atoms with van der Waals surface area (Å²) in [5.74, 6) is -0.230. The number of amides is 2. The molecule has 0 atom stereocenters. The zero-order valence-corrected chi connectivity index (χ0v) is 17.3. The number of rotatable bonds is 6. The first-order chi connectivity index (χ1) is 14.4. The van der Waals surface area contributed by atoms with Crippen molar-refractivity contribution in [1.29, 1.82) is 5.41 Å². The van der Waals surface area contributed by atoms with Gasteiger partial charge in [-0.15, -0.1) is 11.3 Å². The highest BCUT2D eigenvalue weighted by Crippen LogP contribution is 2.25. The number of carbonyl (C=O) groups excluding carboxylic acids is 1. The van der Waals surface area contributed by atoms with E-state index in [0.29, 0.717) is 17.1 Å². The highest BCUT2D eigenvalue weighted by atomic mass is 32.1. The largest absolute Gasteiger partial charge is 0.369 e. The highest BCUT2D eigenvalue weighted by Gasteiger charge is 2.06. The molecule has 0 bridgehead atoms. The Hall–Kier alpha value is -3.92. The van der Waals surface area contributed by atoms with Gasteiger partial charge < -0.3 is 21.7 Å². The van der Waals surface area contributed by atoms with Gasteiger partial charge in [-0.05, 0) is 36.8 Å². The standard InChI is InChI=1S/C20H22N8OS/c1-12(27-28-18(21)22)13-3-7-15(8-4-13)24-19(29)25-16-9-5-14(6-10-16)17-11-30-20(23-2)26-17/h3-11H,1-2H3,(H,23,26)(H4,21,22,28)(H2,24,25,29)/b27-12+. The Kier molecular flexibility index (Phi) is 6.60. The smallest absolute Gasteiger partial charge is 0.323 e. The Labute approximate surface area is 177 Å². The van der Waals surface area contributed by atoms with E-state index in [-0.39, 0.29) is 12.0 Å². The minimum atomic E-state index is -0.342. The van der Waals surface area contributed by atoms with Gasteiger partial charge in [-0.2, -0.15) is 5.10 Å². The third-order valence-electron chi connectivity index (χ3n) is 4.06. The van der Waals surface area contributed by atoms with Crippen molar-refractivity contribution in [3.63, 3.8) is 0 Å². The number of nitrogens with zero attached hydrogens (tertiary/aromatic N) is 2. The van der Waals surface area contributed by atoms with E-state index in [0.717, 1.165) is 22.0 Å². The van der Waals surface area contributed by atoms with Crippen LogP contribution in [-0.4, -0.2) is 29.7 Å². The molecule has 2 aromatic carbocycles. The first-order valence-electron chi connectivity index (χ1n) is 9.01. The monoisotopic (exact) mass is 422 g/mol. The number of carbonyl (C=O) groups is 1. The summed E-state index contributed by atoms with van der Waals surface area (Å²) in [6.45, 7) is 1.79. The average Bonchev–Trinajstić information content (AvgIpc) is 3.22. The molecule has 1 aromatic heterocycles. The van der Waals surface area contributed by atoms with Gasteiger partial charge in [-0.1, -0.05) is 24.3 Å². The number of guanidine groups is 1. The molecule has 0 aliphatic heterocycles. The fourth-order valence-corrected chi connectivity index (χ4v) is 3.22. The maximum Gasteiger partial charge on any atom is 0.323 e. The lowest BCUT2D eigenvalue weighted by Gasteiger charge is -2.09. The number of nitrogens with two attached hydrogens (primary N) is 1. The van der Waals surface area contributed by atoms with Crippen molar-refractivity contribution >= 4 is 45.5 Å². The maximum atomic E-state index is 12.3.